The van der Waals surface area contributed by atoms with Gasteiger partial charge in [-0.05, 0) is 30.3 Å². The smallest absolute Gasteiger partial charge is 0.242 e. The van der Waals surface area contributed by atoms with Crippen LogP contribution in [-0.2, 0) is 11.3 Å². The molecule has 0 unspecified atom stereocenters. The number of guanidine groups is 1. The van der Waals surface area contributed by atoms with Gasteiger partial charge in [-0.25, -0.2) is 4.99 Å². The normalized spacial score (nSPS) is 10.7. The first-order valence-electron chi connectivity index (χ1n) is 6.78. The van der Waals surface area contributed by atoms with Gasteiger partial charge < -0.3 is 25.5 Å². The molecule has 0 atom stereocenters. The molecule has 2 aromatic rings. The summed E-state index contributed by atoms with van der Waals surface area (Å²) in [4.78, 5) is 15.6. The predicted octanol–water partition coefficient (Wildman–Crippen LogP) is 2.60. The van der Waals surface area contributed by atoms with Crippen molar-refractivity contribution in [2.45, 2.75) is 6.54 Å². The van der Waals surface area contributed by atoms with Gasteiger partial charge in [-0.1, -0.05) is 11.6 Å². The minimum Gasteiger partial charge on any atom is -0.495 e. The first-order valence-corrected chi connectivity index (χ1v) is 7.16. The number of nitrogens with one attached hydrogen (secondary N) is 2. The van der Waals surface area contributed by atoms with Crippen molar-refractivity contribution in [3.8, 4) is 5.75 Å². The van der Waals surface area contributed by atoms with Crippen LogP contribution in [0.15, 0.2) is 46.0 Å². The van der Waals surface area contributed by atoms with Crippen LogP contribution in [0.2, 0.25) is 5.02 Å². The number of benzene rings is 1. The van der Waals surface area contributed by atoms with Crippen LogP contribution in [0.4, 0.5) is 5.69 Å². The molecule has 130 valence electrons. The van der Waals surface area contributed by atoms with E-state index in [-0.39, 0.29) is 42.4 Å². The number of hydrogen-bond donors (Lipinski definition) is 3. The molecule has 24 heavy (non-hydrogen) atoms. The maximum absolute atomic E-state index is 11.7. The van der Waals surface area contributed by atoms with Gasteiger partial charge in [0, 0.05) is 5.69 Å². The molecular formula is C15H18ClIN4O3. The van der Waals surface area contributed by atoms with Crippen molar-refractivity contribution < 1.29 is 13.9 Å². The standard InChI is InChI=1S/C15H17ClN4O3.HI/c1-22-13-5-4-10(7-12(13)16)20-15(17)19-9-14(21)18-8-11-3-2-6-23-11;/h2-7H,8-9H2,1H3,(H,18,21)(H3,17,19,20);1H. The minimum absolute atomic E-state index is 0. The molecule has 0 spiro atoms. The Morgan fingerprint density at radius 2 is 2.21 bits per heavy atom. The van der Waals surface area contributed by atoms with Crippen LogP contribution < -0.4 is 21.1 Å². The Labute approximate surface area is 161 Å². The van der Waals surface area contributed by atoms with Crippen molar-refractivity contribution in [1.82, 2.24) is 5.32 Å². The van der Waals surface area contributed by atoms with Crippen molar-refractivity contribution in [3.05, 3.63) is 47.4 Å². The van der Waals surface area contributed by atoms with Crippen LogP contribution in [-0.4, -0.2) is 25.5 Å². The third kappa shape index (κ3) is 6.28. The minimum atomic E-state index is -0.265. The largest absolute Gasteiger partial charge is 0.495 e. The summed E-state index contributed by atoms with van der Waals surface area (Å²) in [6.45, 7) is 0.214. The van der Waals surface area contributed by atoms with Gasteiger partial charge in [0.1, 0.15) is 18.1 Å². The Kier molecular flexibility index (Phi) is 8.41. The molecule has 1 heterocycles. The van der Waals surface area contributed by atoms with Crippen LogP contribution in [0.3, 0.4) is 0 Å². The summed E-state index contributed by atoms with van der Waals surface area (Å²) in [7, 11) is 1.53. The van der Waals surface area contributed by atoms with E-state index >= 15 is 0 Å². The zero-order valence-corrected chi connectivity index (χ0v) is 16.0. The van der Waals surface area contributed by atoms with Crippen LogP contribution in [0.1, 0.15) is 5.76 Å². The van der Waals surface area contributed by atoms with E-state index in [1.165, 1.54) is 7.11 Å². The molecule has 0 bridgehead atoms. The first-order chi connectivity index (χ1) is 11.1. The zero-order valence-electron chi connectivity index (χ0n) is 12.9. The molecule has 0 aliphatic rings. The molecule has 0 fully saturated rings. The maximum Gasteiger partial charge on any atom is 0.242 e. The highest BCUT2D eigenvalue weighted by atomic mass is 127. The van der Waals surface area contributed by atoms with E-state index in [4.69, 9.17) is 26.5 Å². The Bertz CT molecular complexity index is 692. The first kappa shape index (κ1) is 20.1. The van der Waals surface area contributed by atoms with Crippen LogP contribution in [0.25, 0.3) is 0 Å². The lowest BCUT2D eigenvalue weighted by atomic mass is 10.3. The molecule has 0 saturated heterocycles. The van der Waals surface area contributed by atoms with Crippen LogP contribution in [0, 0.1) is 0 Å². The molecule has 0 radical (unpaired) electrons. The molecule has 2 rings (SSSR count). The second kappa shape index (κ2) is 10.0. The number of amides is 1. The summed E-state index contributed by atoms with van der Waals surface area (Å²) >= 11 is 6.01. The number of hydrogen-bond acceptors (Lipinski definition) is 4. The molecular weight excluding hydrogens is 447 g/mol. The average molecular weight is 465 g/mol. The molecule has 7 nitrogen and oxygen atoms in total. The number of nitrogens with two attached hydrogens (primary N) is 1. The van der Waals surface area contributed by atoms with E-state index in [0.717, 1.165) is 0 Å². The predicted molar refractivity (Wildman–Crippen MR) is 104 cm³/mol. The fourth-order valence-electron chi connectivity index (χ4n) is 1.74. The summed E-state index contributed by atoms with van der Waals surface area (Å²) in [5.41, 5.74) is 6.38. The van der Waals surface area contributed by atoms with E-state index < -0.39 is 0 Å². The monoisotopic (exact) mass is 464 g/mol. The number of rotatable bonds is 6. The SMILES string of the molecule is COc1ccc(NC(N)=NCC(=O)NCc2ccco2)cc1Cl.I. The number of aliphatic imine (C=N–C) groups is 1. The molecule has 1 aromatic carbocycles. The molecule has 9 heteroatoms. The number of nitrogens with zero attached hydrogens (tertiary/aromatic N) is 1. The lowest BCUT2D eigenvalue weighted by Crippen LogP contribution is -2.28. The van der Waals surface area contributed by atoms with Gasteiger partial charge in [-0.2, -0.15) is 0 Å². The summed E-state index contributed by atoms with van der Waals surface area (Å²) in [6.07, 6.45) is 1.54. The highest BCUT2D eigenvalue weighted by Gasteiger charge is 2.04. The van der Waals surface area contributed by atoms with Crippen LogP contribution in [0.5, 0.6) is 5.75 Å². The van der Waals surface area contributed by atoms with E-state index in [1.807, 2.05) is 0 Å². The fraction of sp³-hybridized carbons (Fsp3) is 0.200. The molecule has 0 aliphatic carbocycles. The quantitative estimate of drug-likeness (QED) is 0.346. The molecule has 1 aromatic heterocycles. The topological polar surface area (TPSA) is 102 Å². The van der Waals surface area contributed by atoms with Crippen LogP contribution >= 0.6 is 35.6 Å². The highest BCUT2D eigenvalue weighted by Crippen LogP contribution is 2.26. The number of furan rings is 1. The zero-order chi connectivity index (χ0) is 16.7. The summed E-state index contributed by atoms with van der Waals surface area (Å²) in [5, 5.41) is 5.96. The van der Waals surface area contributed by atoms with Crippen molar-refractivity contribution in [2.75, 3.05) is 19.0 Å². The summed E-state index contributed by atoms with van der Waals surface area (Å²) < 4.78 is 10.2. The highest BCUT2D eigenvalue weighted by molar-refractivity contribution is 14.0. The summed E-state index contributed by atoms with van der Waals surface area (Å²) in [6, 6.07) is 8.62. The lowest BCUT2D eigenvalue weighted by molar-refractivity contribution is -0.119. The Hall–Kier alpha value is -1.94. The lowest BCUT2D eigenvalue weighted by Gasteiger charge is -2.08. The van der Waals surface area contributed by atoms with Gasteiger partial charge in [0.05, 0.1) is 24.9 Å². The van der Waals surface area contributed by atoms with Crippen molar-refractivity contribution in [3.63, 3.8) is 0 Å². The number of ether oxygens (including phenoxy) is 1. The van der Waals surface area contributed by atoms with Gasteiger partial charge in [0.15, 0.2) is 5.96 Å². The number of methoxy groups -OCH3 is 1. The van der Waals surface area contributed by atoms with Gasteiger partial charge in [0.25, 0.3) is 0 Å². The summed E-state index contributed by atoms with van der Waals surface area (Å²) in [5.74, 6) is 1.07. The molecule has 0 saturated carbocycles. The van der Waals surface area contributed by atoms with Gasteiger partial charge in [-0.3, -0.25) is 4.79 Å². The molecule has 0 aliphatic heterocycles. The van der Waals surface area contributed by atoms with Gasteiger partial charge in [0.2, 0.25) is 5.91 Å². The Morgan fingerprint density at radius 3 is 2.83 bits per heavy atom. The van der Waals surface area contributed by atoms with E-state index in [1.54, 1.807) is 36.6 Å². The third-order valence-corrected chi connectivity index (χ3v) is 3.15. The number of anilines is 1. The number of carbonyl (C=O) groups excluding carboxylic acids is 1. The Morgan fingerprint density at radius 1 is 1.42 bits per heavy atom. The molecule has 4 N–H and O–H groups in total. The molecule has 1 amide bonds. The van der Waals surface area contributed by atoms with Gasteiger partial charge in [-0.15, -0.1) is 24.0 Å². The van der Waals surface area contributed by atoms with Crippen molar-refractivity contribution in [1.29, 1.82) is 0 Å². The maximum atomic E-state index is 11.7. The van der Waals surface area contributed by atoms with E-state index in [9.17, 15) is 4.79 Å². The third-order valence-electron chi connectivity index (χ3n) is 2.86. The Balaban J connectivity index is 0.00000288. The fourth-order valence-corrected chi connectivity index (χ4v) is 2.00. The van der Waals surface area contributed by atoms with Crippen molar-refractivity contribution in [2.24, 2.45) is 10.7 Å². The van der Waals surface area contributed by atoms with Gasteiger partial charge >= 0.3 is 0 Å². The van der Waals surface area contributed by atoms with E-state index in [0.29, 0.717) is 28.8 Å². The number of halogens is 2. The van der Waals surface area contributed by atoms with Crippen molar-refractivity contribution >= 4 is 53.1 Å². The second-order valence-corrected chi connectivity index (χ2v) is 4.94. The second-order valence-electron chi connectivity index (χ2n) is 4.53. The average Bonchev–Trinajstić information content (AvgIpc) is 3.04. The number of carbonyl (C=O) groups is 1. The van der Waals surface area contributed by atoms with E-state index in [2.05, 4.69) is 15.6 Å².